The van der Waals surface area contributed by atoms with E-state index in [0.29, 0.717) is 28.9 Å². The Balaban J connectivity index is 1.60. The van der Waals surface area contributed by atoms with Crippen molar-refractivity contribution >= 4 is 15.7 Å². The number of hydrogen-bond acceptors (Lipinski definition) is 5. The molecule has 0 atom stereocenters. The number of ether oxygens (including phenoxy) is 2. The average Bonchev–Trinajstić information content (AvgIpc) is 3.26. The van der Waals surface area contributed by atoms with Crippen molar-refractivity contribution in [1.29, 1.82) is 0 Å². The van der Waals surface area contributed by atoms with E-state index in [9.17, 15) is 8.42 Å². The third-order valence-corrected chi connectivity index (χ3v) is 5.97. The maximum Gasteiger partial charge on any atom is 0.265 e. The highest BCUT2D eigenvalue weighted by atomic mass is 32.2. The fraction of sp³-hybridized carbons (Fsp3) is 0.438. The molecule has 0 unspecified atom stereocenters. The summed E-state index contributed by atoms with van der Waals surface area (Å²) in [7, 11) is -3.70. The minimum Gasteiger partial charge on any atom is -0.454 e. The molecule has 4 rings (SSSR count). The summed E-state index contributed by atoms with van der Waals surface area (Å²) in [5.41, 5.74) is 0.947. The van der Waals surface area contributed by atoms with Gasteiger partial charge in [-0.3, -0.25) is 9.40 Å². The molecule has 1 aromatic heterocycles. The summed E-state index contributed by atoms with van der Waals surface area (Å²) in [4.78, 5) is 0.215. The molecule has 1 saturated carbocycles. The van der Waals surface area contributed by atoms with Gasteiger partial charge < -0.3 is 9.47 Å². The first-order valence-electron chi connectivity index (χ1n) is 8.01. The lowest BCUT2D eigenvalue weighted by Crippen LogP contribution is -2.13. The molecule has 0 saturated heterocycles. The maximum atomic E-state index is 12.7. The minimum atomic E-state index is -3.70. The molecule has 1 N–H and O–H groups in total. The van der Waals surface area contributed by atoms with Crippen LogP contribution >= 0.6 is 0 Å². The van der Waals surface area contributed by atoms with Gasteiger partial charge in [-0.2, -0.15) is 5.10 Å². The van der Waals surface area contributed by atoms with Crippen LogP contribution in [0.5, 0.6) is 11.5 Å². The van der Waals surface area contributed by atoms with Crippen LogP contribution in [-0.2, 0) is 10.0 Å². The van der Waals surface area contributed by atoms with Crippen LogP contribution in [0.25, 0.3) is 0 Å². The highest BCUT2D eigenvalue weighted by molar-refractivity contribution is 7.92. The number of sulfonamides is 1. The van der Waals surface area contributed by atoms with Crippen molar-refractivity contribution in [3.8, 4) is 11.5 Å². The summed E-state index contributed by atoms with van der Waals surface area (Å²) in [6.07, 6.45) is 6.08. The number of rotatable bonds is 4. The van der Waals surface area contributed by atoms with Gasteiger partial charge >= 0.3 is 0 Å². The second-order valence-corrected chi connectivity index (χ2v) is 7.82. The van der Waals surface area contributed by atoms with Crippen molar-refractivity contribution < 1.29 is 17.9 Å². The molecule has 0 amide bonds. The average molecular weight is 349 g/mol. The largest absolute Gasteiger partial charge is 0.454 e. The topological polar surface area (TPSA) is 82.5 Å². The van der Waals surface area contributed by atoms with Crippen LogP contribution in [0.1, 0.15) is 37.4 Å². The van der Waals surface area contributed by atoms with Gasteiger partial charge in [0.25, 0.3) is 10.0 Å². The third-order valence-electron chi connectivity index (χ3n) is 4.48. The highest BCUT2D eigenvalue weighted by Gasteiger charge is 2.25. The van der Waals surface area contributed by atoms with Crippen LogP contribution in [0.2, 0.25) is 0 Å². The number of nitrogens with zero attached hydrogens (tertiary/aromatic N) is 2. The molecule has 1 fully saturated rings. The first-order valence-corrected chi connectivity index (χ1v) is 9.49. The van der Waals surface area contributed by atoms with Gasteiger partial charge in [-0.05, 0) is 31.9 Å². The summed E-state index contributed by atoms with van der Waals surface area (Å²) < 4.78 is 40.3. The summed E-state index contributed by atoms with van der Waals surface area (Å²) in [6.45, 7) is 1.87. The smallest absolute Gasteiger partial charge is 0.265 e. The zero-order chi connectivity index (χ0) is 16.7. The fourth-order valence-corrected chi connectivity index (χ4v) is 4.48. The number of nitrogens with one attached hydrogen (secondary N) is 1. The molecule has 128 valence electrons. The van der Waals surface area contributed by atoms with Gasteiger partial charge in [0, 0.05) is 12.3 Å². The number of hydrogen-bond donors (Lipinski definition) is 1. The summed E-state index contributed by atoms with van der Waals surface area (Å²) in [5, 5.41) is 4.41. The van der Waals surface area contributed by atoms with Gasteiger partial charge in [-0.25, -0.2) is 8.42 Å². The van der Waals surface area contributed by atoms with Crippen molar-refractivity contribution in [3.05, 3.63) is 30.1 Å². The number of anilines is 1. The Hall–Kier alpha value is -2.22. The molecular formula is C16H19N3O4S. The van der Waals surface area contributed by atoms with E-state index in [-0.39, 0.29) is 11.7 Å². The van der Waals surface area contributed by atoms with Gasteiger partial charge in [0.05, 0.1) is 17.4 Å². The summed E-state index contributed by atoms with van der Waals surface area (Å²) in [6, 6.07) is 5.27. The zero-order valence-electron chi connectivity index (χ0n) is 13.4. The van der Waals surface area contributed by atoms with Crippen LogP contribution in [0.15, 0.2) is 29.3 Å². The molecule has 0 radical (unpaired) electrons. The molecule has 1 aliphatic carbocycles. The predicted octanol–water partition coefficient (Wildman–Crippen LogP) is 2.84. The SMILES string of the molecule is Cc1nn(C2CCCC2)cc1S(=O)(=O)Nc1ccc2c(c1)OCO2. The maximum absolute atomic E-state index is 12.7. The van der Waals surface area contributed by atoms with E-state index in [1.54, 1.807) is 36.0 Å². The molecular weight excluding hydrogens is 330 g/mol. The van der Waals surface area contributed by atoms with E-state index in [2.05, 4.69) is 9.82 Å². The second-order valence-electron chi connectivity index (χ2n) is 6.17. The summed E-state index contributed by atoms with van der Waals surface area (Å²) >= 11 is 0. The van der Waals surface area contributed by atoms with Crippen molar-refractivity contribution in [3.63, 3.8) is 0 Å². The van der Waals surface area contributed by atoms with Gasteiger partial charge in [-0.1, -0.05) is 12.8 Å². The molecule has 2 aliphatic rings. The van der Waals surface area contributed by atoms with Gasteiger partial charge in [-0.15, -0.1) is 0 Å². The predicted molar refractivity (Wildman–Crippen MR) is 87.8 cm³/mol. The molecule has 0 spiro atoms. The monoisotopic (exact) mass is 349 g/mol. The van der Waals surface area contributed by atoms with E-state index < -0.39 is 10.0 Å². The Bertz CT molecular complexity index is 869. The van der Waals surface area contributed by atoms with E-state index in [4.69, 9.17) is 9.47 Å². The molecule has 8 heteroatoms. The molecule has 2 aromatic rings. The Morgan fingerprint density at radius 3 is 2.75 bits per heavy atom. The number of benzene rings is 1. The van der Waals surface area contributed by atoms with Gasteiger partial charge in [0.1, 0.15) is 4.90 Å². The molecule has 1 aliphatic heterocycles. The summed E-state index contributed by atoms with van der Waals surface area (Å²) in [5.74, 6) is 1.15. The quantitative estimate of drug-likeness (QED) is 0.918. The van der Waals surface area contributed by atoms with Crippen molar-refractivity contribution in [1.82, 2.24) is 9.78 Å². The Kier molecular flexibility index (Phi) is 3.64. The van der Waals surface area contributed by atoms with Gasteiger partial charge in [0.15, 0.2) is 11.5 Å². The lowest BCUT2D eigenvalue weighted by molar-refractivity contribution is 0.174. The van der Waals surface area contributed by atoms with Crippen molar-refractivity contribution in [2.45, 2.75) is 43.5 Å². The third kappa shape index (κ3) is 2.71. The molecule has 7 nitrogen and oxygen atoms in total. The normalized spacial score (nSPS) is 17.4. The fourth-order valence-electron chi connectivity index (χ4n) is 3.25. The minimum absolute atomic E-state index is 0.152. The van der Waals surface area contributed by atoms with Crippen molar-refractivity contribution in [2.24, 2.45) is 0 Å². The van der Waals surface area contributed by atoms with Crippen LogP contribution in [-0.4, -0.2) is 25.0 Å². The Labute approximate surface area is 140 Å². The van der Waals surface area contributed by atoms with Gasteiger partial charge in [0.2, 0.25) is 6.79 Å². The van der Waals surface area contributed by atoms with E-state index in [1.165, 1.54) is 12.8 Å². The first kappa shape index (κ1) is 15.3. The van der Waals surface area contributed by atoms with E-state index >= 15 is 0 Å². The van der Waals surface area contributed by atoms with E-state index in [0.717, 1.165) is 12.8 Å². The standard InChI is InChI=1S/C16H19N3O4S/c1-11-16(9-19(17-11)13-4-2-3-5-13)24(20,21)18-12-6-7-14-15(8-12)23-10-22-14/h6-9,13,18H,2-5,10H2,1H3. The van der Waals surface area contributed by atoms with Crippen LogP contribution in [0.3, 0.4) is 0 Å². The van der Waals surface area contributed by atoms with Crippen LogP contribution in [0, 0.1) is 6.92 Å². The molecule has 2 heterocycles. The molecule has 24 heavy (non-hydrogen) atoms. The lowest BCUT2D eigenvalue weighted by atomic mass is 10.3. The first-order chi connectivity index (χ1) is 11.5. The lowest BCUT2D eigenvalue weighted by Gasteiger charge is -2.09. The highest BCUT2D eigenvalue weighted by Crippen LogP contribution is 2.35. The number of aryl methyl sites for hydroxylation is 1. The Morgan fingerprint density at radius 2 is 1.96 bits per heavy atom. The zero-order valence-corrected chi connectivity index (χ0v) is 14.2. The van der Waals surface area contributed by atoms with Crippen LogP contribution in [0.4, 0.5) is 5.69 Å². The number of aromatic nitrogens is 2. The Morgan fingerprint density at radius 1 is 1.21 bits per heavy atom. The second kappa shape index (κ2) is 5.70. The van der Waals surface area contributed by atoms with Crippen LogP contribution < -0.4 is 14.2 Å². The van der Waals surface area contributed by atoms with E-state index in [1.807, 2.05) is 0 Å². The number of fused-ring (bicyclic) bond motifs is 1. The van der Waals surface area contributed by atoms with Crippen molar-refractivity contribution in [2.75, 3.05) is 11.5 Å². The molecule has 0 bridgehead atoms. The molecule has 1 aromatic carbocycles.